The highest BCUT2D eigenvalue weighted by molar-refractivity contribution is 8.00. The summed E-state index contributed by atoms with van der Waals surface area (Å²) in [6, 6.07) is 2.88. The van der Waals surface area contributed by atoms with Crippen molar-refractivity contribution in [2.75, 3.05) is 12.4 Å². The third-order valence-corrected chi connectivity index (χ3v) is 6.09. The average Bonchev–Trinajstić information content (AvgIpc) is 3.09. The minimum Gasteiger partial charge on any atom is -0.477 e. The molecule has 0 unspecified atom stereocenters. The van der Waals surface area contributed by atoms with Gasteiger partial charge in [-0.1, -0.05) is 6.07 Å². The second-order valence-electron chi connectivity index (χ2n) is 5.58. The Kier molecular flexibility index (Phi) is 5.18. The number of carbonyl (C=O) groups excluding carboxylic acids is 3. The van der Waals surface area contributed by atoms with Crippen molar-refractivity contribution in [2.45, 2.75) is 17.8 Å². The Labute approximate surface area is 156 Å². The first-order chi connectivity index (χ1) is 12.4. The van der Waals surface area contributed by atoms with Crippen LogP contribution in [0.1, 0.15) is 4.88 Å². The maximum atomic E-state index is 12.4. The second-order valence-corrected chi connectivity index (χ2v) is 7.71. The summed E-state index contributed by atoms with van der Waals surface area (Å²) in [7, 11) is 0. The summed E-state index contributed by atoms with van der Waals surface area (Å²) in [5.41, 5.74) is 4.97. The number of thioether (sulfide) groups is 1. The van der Waals surface area contributed by atoms with Crippen LogP contribution in [-0.2, 0) is 25.5 Å². The molecule has 26 heavy (non-hydrogen) atoms. The van der Waals surface area contributed by atoms with Crippen LogP contribution in [0.5, 0.6) is 0 Å². The van der Waals surface area contributed by atoms with Gasteiger partial charge in [0.05, 0.1) is 6.42 Å². The molecular formula is C15H15N3O6S2. The highest BCUT2D eigenvalue weighted by Crippen LogP contribution is 2.40. The fourth-order valence-electron chi connectivity index (χ4n) is 2.75. The largest absolute Gasteiger partial charge is 0.477 e. The summed E-state index contributed by atoms with van der Waals surface area (Å²) in [5, 5.41) is 13.5. The number of fused-ring (bicyclic) bond motifs is 1. The van der Waals surface area contributed by atoms with Crippen molar-refractivity contribution in [3.8, 4) is 0 Å². The number of hydrogen-bond acceptors (Lipinski definition) is 7. The topological polar surface area (TPSA) is 139 Å². The Balaban J connectivity index is 1.69. The third-order valence-electron chi connectivity index (χ3n) is 3.87. The lowest BCUT2D eigenvalue weighted by atomic mass is 10.0. The number of nitrogens with zero attached hydrogens (tertiary/aromatic N) is 1. The van der Waals surface area contributed by atoms with Gasteiger partial charge in [-0.15, -0.1) is 23.1 Å². The van der Waals surface area contributed by atoms with E-state index in [0.29, 0.717) is 0 Å². The summed E-state index contributed by atoms with van der Waals surface area (Å²) in [5.74, 6) is -1.85. The fraction of sp³-hybridized carbons (Fsp3) is 0.333. The molecule has 2 atom stereocenters. The van der Waals surface area contributed by atoms with Crippen LogP contribution < -0.4 is 11.1 Å². The molecule has 2 aliphatic rings. The lowest BCUT2D eigenvalue weighted by Gasteiger charge is -2.49. The van der Waals surface area contributed by atoms with Gasteiger partial charge >= 0.3 is 12.1 Å². The number of nitrogens with one attached hydrogen (secondary N) is 1. The molecule has 1 aromatic rings. The van der Waals surface area contributed by atoms with E-state index >= 15 is 0 Å². The summed E-state index contributed by atoms with van der Waals surface area (Å²) < 4.78 is 4.65. The van der Waals surface area contributed by atoms with Crippen molar-refractivity contribution >= 4 is 47.0 Å². The predicted molar refractivity (Wildman–Crippen MR) is 93.2 cm³/mol. The van der Waals surface area contributed by atoms with Gasteiger partial charge in [0.15, 0.2) is 0 Å². The molecule has 1 fully saturated rings. The maximum Gasteiger partial charge on any atom is 0.404 e. The molecule has 0 radical (unpaired) electrons. The minimum absolute atomic E-state index is 0.165. The van der Waals surface area contributed by atoms with Gasteiger partial charge in [-0.05, 0) is 11.4 Å². The van der Waals surface area contributed by atoms with E-state index in [1.165, 1.54) is 23.1 Å². The van der Waals surface area contributed by atoms with E-state index in [-0.39, 0.29) is 36.0 Å². The molecule has 0 saturated carbocycles. The molecule has 4 N–H and O–H groups in total. The molecule has 11 heteroatoms. The highest BCUT2D eigenvalue weighted by atomic mass is 32.2. The number of carboxylic acids is 1. The molecule has 9 nitrogen and oxygen atoms in total. The maximum absolute atomic E-state index is 12.4. The molecule has 0 aromatic carbocycles. The molecule has 3 rings (SSSR count). The summed E-state index contributed by atoms with van der Waals surface area (Å²) in [6.45, 7) is -0.296. The quantitative estimate of drug-likeness (QED) is 0.580. The van der Waals surface area contributed by atoms with Crippen LogP contribution in [0.4, 0.5) is 4.79 Å². The number of carbonyl (C=O) groups is 4. The number of aliphatic carboxylic acids is 1. The minimum atomic E-state index is -1.30. The van der Waals surface area contributed by atoms with Crippen molar-refractivity contribution in [1.29, 1.82) is 0 Å². The number of β-lactam (4-membered cyclic amide) rings is 1. The van der Waals surface area contributed by atoms with E-state index in [4.69, 9.17) is 5.73 Å². The molecule has 2 aliphatic heterocycles. The van der Waals surface area contributed by atoms with E-state index in [1.54, 1.807) is 0 Å². The van der Waals surface area contributed by atoms with Gasteiger partial charge < -0.3 is 20.9 Å². The van der Waals surface area contributed by atoms with E-state index in [1.807, 2.05) is 17.5 Å². The zero-order chi connectivity index (χ0) is 18.8. The van der Waals surface area contributed by atoms with E-state index in [9.17, 15) is 24.3 Å². The zero-order valence-corrected chi connectivity index (χ0v) is 15.0. The Morgan fingerprint density at radius 1 is 1.42 bits per heavy atom. The van der Waals surface area contributed by atoms with Crippen molar-refractivity contribution < 1.29 is 29.0 Å². The Morgan fingerprint density at radius 2 is 2.19 bits per heavy atom. The van der Waals surface area contributed by atoms with Crippen LogP contribution in [0.3, 0.4) is 0 Å². The Morgan fingerprint density at radius 3 is 2.81 bits per heavy atom. The molecular weight excluding hydrogens is 382 g/mol. The first kappa shape index (κ1) is 18.3. The highest BCUT2D eigenvalue weighted by Gasteiger charge is 2.54. The van der Waals surface area contributed by atoms with Crippen molar-refractivity contribution in [3.63, 3.8) is 0 Å². The number of nitrogens with two attached hydrogens (primary N) is 1. The molecule has 0 spiro atoms. The normalized spacial score (nSPS) is 21.7. The predicted octanol–water partition coefficient (Wildman–Crippen LogP) is 0.125. The molecule has 0 aliphatic carbocycles. The average molecular weight is 397 g/mol. The molecule has 1 aromatic heterocycles. The molecule has 3 amide bonds. The summed E-state index contributed by atoms with van der Waals surface area (Å²) >= 11 is 2.74. The van der Waals surface area contributed by atoms with Crippen molar-refractivity contribution in [1.82, 2.24) is 10.2 Å². The van der Waals surface area contributed by atoms with Crippen LogP contribution in [0, 0.1) is 0 Å². The van der Waals surface area contributed by atoms with Crippen LogP contribution in [-0.4, -0.2) is 57.7 Å². The smallest absolute Gasteiger partial charge is 0.404 e. The van der Waals surface area contributed by atoms with Gasteiger partial charge in [0.1, 0.15) is 23.7 Å². The molecule has 3 heterocycles. The van der Waals surface area contributed by atoms with Crippen LogP contribution in [0.25, 0.3) is 0 Å². The lowest BCUT2D eigenvalue weighted by molar-refractivity contribution is -0.150. The van der Waals surface area contributed by atoms with Crippen LogP contribution in [0.15, 0.2) is 28.8 Å². The first-order valence-electron chi connectivity index (χ1n) is 7.52. The van der Waals surface area contributed by atoms with Gasteiger partial charge in [0.2, 0.25) is 5.91 Å². The van der Waals surface area contributed by atoms with Gasteiger partial charge in [-0.25, -0.2) is 9.59 Å². The van der Waals surface area contributed by atoms with Gasteiger partial charge in [-0.2, -0.15) is 0 Å². The van der Waals surface area contributed by atoms with Crippen LogP contribution in [0.2, 0.25) is 0 Å². The van der Waals surface area contributed by atoms with E-state index < -0.39 is 29.4 Å². The molecule has 1 saturated heterocycles. The number of carboxylic acid groups (broad SMARTS) is 1. The Hall–Kier alpha value is -2.53. The number of hydrogen-bond donors (Lipinski definition) is 3. The summed E-state index contributed by atoms with van der Waals surface area (Å²) in [6.07, 6.45) is -0.860. The first-order valence-corrected chi connectivity index (χ1v) is 9.45. The second kappa shape index (κ2) is 7.38. The fourth-order valence-corrected chi connectivity index (χ4v) is 4.78. The van der Waals surface area contributed by atoms with Crippen molar-refractivity contribution in [3.05, 3.63) is 33.7 Å². The van der Waals surface area contributed by atoms with Gasteiger partial charge in [0, 0.05) is 16.2 Å². The summed E-state index contributed by atoms with van der Waals surface area (Å²) in [4.78, 5) is 48.8. The monoisotopic (exact) mass is 397 g/mol. The zero-order valence-electron chi connectivity index (χ0n) is 13.3. The number of thiophene rings is 1. The molecule has 138 valence electrons. The standard InChI is InChI=1S/C15H15N3O6S2/c16-15(23)24-5-7-6-26-13-10(12(20)18(13)11(7)14(21)22)17-9(19)4-8-2-1-3-25-8/h1-3,10,13H,4-6H2,(H2,16,23)(H,17,19)(H,21,22)/t10-,13+/m1/s1. The van der Waals surface area contributed by atoms with Gasteiger partial charge in [-0.3, -0.25) is 14.5 Å². The number of primary amides is 1. The number of ether oxygens (including phenoxy) is 1. The van der Waals surface area contributed by atoms with Crippen molar-refractivity contribution in [2.24, 2.45) is 5.73 Å². The third kappa shape index (κ3) is 3.53. The van der Waals surface area contributed by atoms with E-state index in [2.05, 4.69) is 10.1 Å². The van der Waals surface area contributed by atoms with Crippen LogP contribution >= 0.6 is 23.1 Å². The molecule has 0 bridgehead atoms. The Bertz CT molecular complexity index is 791. The van der Waals surface area contributed by atoms with E-state index in [0.717, 1.165) is 9.78 Å². The SMILES string of the molecule is NC(=O)OCC1=C(C(=O)O)N2C(=O)[C@@H](NC(=O)Cc3cccs3)[C@@H]2SC1. The van der Waals surface area contributed by atoms with Gasteiger partial charge in [0.25, 0.3) is 5.91 Å². The lowest BCUT2D eigenvalue weighted by Crippen LogP contribution is -2.70. The number of rotatable bonds is 6. The number of amides is 3.